The highest BCUT2D eigenvalue weighted by Crippen LogP contribution is 2.39. The number of hydrogen-bond donors (Lipinski definition) is 0. The Bertz CT molecular complexity index is 905. The first-order valence-corrected chi connectivity index (χ1v) is 8.10. The number of rotatable bonds is 2. The summed E-state index contributed by atoms with van der Waals surface area (Å²) in [5.74, 6) is -0.619. The van der Waals surface area contributed by atoms with Gasteiger partial charge in [0.15, 0.2) is 0 Å². The predicted molar refractivity (Wildman–Crippen MR) is 96.9 cm³/mol. The maximum atomic E-state index is 13.4. The lowest BCUT2D eigenvalue weighted by Crippen LogP contribution is -2.55. The summed E-state index contributed by atoms with van der Waals surface area (Å²) in [7, 11) is 0. The van der Waals surface area contributed by atoms with Crippen LogP contribution < -0.4 is 5.01 Å². The normalized spacial score (nSPS) is 24.5. The Hall–Kier alpha value is -2.79. The lowest BCUT2D eigenvalue weighted by Gasteiger charge is -2.40. The Kier molecular flexibility index (Phi) is 3.73. The van der Waals surface area contributed by atoms with E-state index in [4.69, 9.17) is 11.6 Å². The van der Waals surface area contributed by atoms with E-state index in [1.165, 1.54) is 29.3 Å². The van der Waals surface area contributed by atoms with Gasteiger partial charge in [-0.05, 0) is 48.0 Å². The molecule has 2 aliphatic rings. The van der Waals surface area contributed by atoms with Gasteiger partial charge in [-0.1, -0.05) is 29.8 Å². The van der Waals surface area contributed by atoms with Crippen LogP contribution in [-0.2, 0) is 10.2 Å². The molecule has 4 rings (SSSR count). The third-order valence-corrected chi connectivity index (χ3v) is 4.67. The van der Waals surface area contributed by atoms with Crippen molar-refractivity contribution in [3.05, 3.63) is 77.1 Å². The maximum Gasteiger partial charge on any atom is 0.264 e. The molecule has 124 valence electrons. The van der Waals surface area contributed by atoms with Crippen LogP contribution in [0.5, 0.6) is 0 Å². The second kappa shape index (κ2) is 5.93. The van der Waals surface area contributed by atoms with Gasteiger partial charge in [0, 0.05) is 11.2 Å². The first kappa shape index (κ1) is 15.7. The molecule has 0 aliphatic carbocycles. The molecule has 0 fully saturated rings. The van der Waals surface area contributed by atoms with Crippen LogP contribution >= 0.6 is 11.6 Å². The number of hydrogen-bond acceptors (Lipinski definition) is 3. The molecule has 0 radical (unpaired) electrons. The maximum absolute atomic E-state index is 13.4. The lowest BCUT2D eigenvalue weighted by molar-refractivity contribution is -0.123. The number of carbonyl (C=O) groups excluding carboxylic acids is 1. The monoisotopic (exact) mass is 353 g/mol. The number of hydrazone groups is 1. The topological polar surface area (TPSA) is 45.0 Å². The average Bonchev–Trinajstić information content (AvgIpc) is 2.64. The highest BCUT2D eigenvalue weighted by atomic mass is 35.5. The summed E-state index contributed by atoms with van der Waals surface area (Å²) in [6, 6.07) is 12.3. The molecule has 0 N–H and O–H groups in total. The SMILES string of the molecule is O=C1N(c2ccc(F)cc2)N=CC2N=CC=CC12c1ccc(Cl)cc1. The van der Waals surface area contributed by atoms with Gasteiger partial charge < -0.3 is 0 Å². The first-order valence-electron chi connectivity index (χ1n) is 7.72. The summed E-state index contributed by atoms with van der Waals surface area (Å²) in [6.07, 6.45) is 6.88. The summed E-state index contributed by atoms with van der Waals surface area (Å²) in [5.41, 5.74) is 0.269. The summed E-state index contributed by atoms with van der Waals surface area (Å²) in [6.45, 7) is 0. The highest BCUT2D eigenvalue weighted by molar-refractivity contribution is 6.30. The van der Waals surface area contributed by atoms with Crippen LogP contribution in [0.15, 0.2) is 70.8 Å². The fourth-order valence-electron chi connectivity index (χ4n) is 3.15. The Morgan fingerprint density at radius 1 is 1.08 bits per heavy atom. The fraction of sp³-hybridized carbons (Fsp3) is 0.105. The van der Waals surface area contributed by atoms with E-state index in [2.05, 4.69) is 10.1 Å². The molecule has 4 nitrogen and oxygen atoms in total. The van der Waals surface area contributed by atoms with E-state index in [0.29, 0.717) is 10.7 Å². The molecule has 2 heterocycles. The van der Waals surface area contributed by atoms with Crippen LogP contribution in [-0.4, -0.2) is 24.4 Å². The summed E-state index contributed by atoms with van der Waals surface area (Å²) < 4.78 is 13.2. The van der Waals surface area contributed by atoms with Gasteiger partial charge in [-0.2, -0.15) is 10.1 Å². The van der Waals surface area contributed by atoms with Gasteiger partial charge in [0.1, 0.15) is 17.3 Å². The van der Waals surface area contributed by atoms with Gasteiger partial charge in [0.05, 0.1) is 11.9 Å². The zero-order valence-corrected chi connectivity index (χ0v) is 13.8. The van der Waals surface area contributed by atoms with Gasteiger partial charge in [-0.15, -0.1) is 0 Å². The molecule has 1 amide bonds. The zero-order valence-electron chi connectivity index (χ0n) is 13.0. The Balaban J connectivity index is 1.85. The lowest BCUT2D eigenvalue weighted by atomic mass is 9.71. The van der Waals surface area contributed by atoms with Crippen molar-refractivity contribution in [1.29, 1.82) is 0 Å². The Morgan fingerprint density at radius 2 is 1.80 bits per heavy atom. The Labute approximate surface area is 148 Å². The molecule has 2 aromatic carbocycles. The molecule has 2 aliphatic heterocycles. The quantitative estimate of drug-likeness (QED) is 0.810. The number of halogens is 2. The van der Waals surface area contributed by atoms with Crippen LogP contribution in [0.25, 0.3) is 0 Å². The third-order valence-electron chi connectivity index (χ3n) is 4.42. The van der Waals surface area contributed by atoms with Gasteiger partial charge >= 0.3 is 0 Å². The molecule has 2 atom stereocenters. The number of amides is 1. The van der Waals surface area contributed by atoms with Crippen molar-refractivity contribution < 1.29 is 9.18 Å². The van der Waals surface area contributed by atoms with Crippen molar-refractivity contribution in [2.45, 2.75) is 11.5 Å². The molecule has 6 heteroatoms. The van der Waals surface area contributed by atoms with Crippen LogP contribution in [0.4, 0.5) is 10.1 Å². The minimum Gasteiger partial charge on any atom is -0.282 e. The predicted octanol–water partition coefficient (Wildman–Crippen LogP) is 3.76. The van der Waals surface area contributed by atoms with Crippen molar-refractivity contribution in [2.24, 2.45) is 10.1 Å². The van der Waals surface area contributed by atoms with Crippen LogP contribution in [0.3, 0.4) is 0 Å². The van der Waals surface area contributed by atoms with Crippen molar-refractivity contribution in [2.75, 3.05) is 5.01 Å². The second-order valence-corrected chi connectivity index (χ2v) is 6.27. The van der Waals surface area contributed by atoms with Gasteiger partial charge in [0.2, 0.25) is 0 Å². The number of nitrogens with zero attached hydrogens (tertiary/aromatic N) is 3. The molecule has 2 aromatic rings. The number of anilines is 1. The van der Waals surface area contributed by atoms with Gasteiger partial charge in [-0.3, -0.25) is 9.79 Å². The van der Waals surface area contributed by atoms with Crippen LogP contribution in [0, 0.1) is 5.82 Å². The van der Waals surface area contributed by atoms with E-state index in [9.17, 15) is 9.18 Å². The first-order chi connectivity index (χ1) is 12.1. The second-order valence-electron chi connectivity index (χ2n) is 5.84. The number of allylic oxidation sites excluding steroid dienone is 1. The summed E-state index contributed by atoms with van der Waals surface area (Å²) in [5, 5.41) is 6.12. The number of aliphatic imine (C=N–C) groups is 1. The van der Waals surface area contributed by atoms with Crippen LogP contribution in [0.2, 0.25) is 5.02 Å². The molecule has 25 heavy (non-hydrogen) atoms. The molecule has 0 aromatic heterocycles. The van der Waals surface area contributed by atoms with E-state index in [-0.39, 0.29) is 11.7 Å². The van der Waals surface area contributed by atoms with Crippen LogP contribution in [0.1, 0.15) is 5.56 Å². The van der Waals surface area contributed by atoms with Crippen molar-refractivity contribution in [3.63, 3.8) is 0 Å². The minimum absolute atomic E-state index is 0.248. The number of carbonyl (C=O) groups is 1. The zero-order chi connectivity index (χ0) is 17.4. The van der Waals surface area contributed by atoms with Gasteiger partial charge in [0.25, 0.3) is 5.91 Å². The largest absolute Gasteiger partial charge is 0.282 e. The highest BCUT2D eigenvalue weighted by Gasteiger charge is 2.50. The molecule has 0 saturated heterocycles. The minimum atomic E-state index is -1.00. The van der Waals surface area contributed by atoms with E-state index < -0.39 is 11.5 Å². The van der Waals surface area contributed by atoms with Crippen molar-refractivity contribution in [3.8, 4) is 0 Å². The van der Waals surface area contributed by atoms with E-state index in [1.54, 1.807) is 30.6 Å². The van der Waals surface area contributed by atoms with E-state index in [1.807, 2.05) is 18.2 Å². The molecule has 0 bridgehead atoms. The summed E-state index contributed by atoms with van der Waals surface area (Å²) in [4.78, 5) is 17.8. The van der Waals surface area contributed by atoms with E-state index in [0.717, 1.165) is 5.56 Å². The summed E-state index contributed by atoms with van der Waals surface area (Å²) >= 11 is 5.99. The molecular formula is C19H13ClFN3O. The van der Waals surface area contributed by atoms with Crippen molar-refractivity contribution >= 4 is 35.6 Å². The standard InChI is InChI=1S/C19H13ClFN3O/c20-14-4-2-13(3-5-14)19-10-1-11-22-17(19)12-23-24(18(19)25)16-8-6-15(21)7-9-16/h1-12,17H. The number of dihydropyridines is 1. The average molecular weight is 354 g/mol. The molecule has 0 spiro atoms. The van der Waals surface area contributed by atoms with Crippen molar-refractivity contribution in [1.82, 2.24) is 0 Å². The molecular weight excluding hydrogens is 341 g/mol. The molecule has 2 unspecified atom stereocenters. The number of fused-ring (bicyclic) bond motifs is 1. The van der Waals surface area contributed by atoms with E-state index >= 15 is 0 Å². The smallest absolute Gasteiger partial charge is 0.264 e. The van der Waals surface area contributed by atoms with Gasteiger partial charge in [-0.25, -0.2) is 4.39 Å². The third kappa shape index (κ3) is 2.48. The fourth-order valence-corrected chi connectivity index (χ4v) is 3.27. The Morgan fingerprint density at radius 3 is 2.52 bits per heavy atom. The number of benzene rings is 2. The molecule has 0 saturated carbocycles.